The van der Waals surface area contributed by atoms with Gasteiger partial charge >= 0.3 is 0 Å². The first-order valence-electron chi connectivity index (χ1n) is 9.14. The van der Waals surface area contributed by atoms with Crippen LogP contribution in [0.3, 0.4) is 0 Å². The summed E-state index contributed by atoms with van der Waals surface area (Å²) in [7, 11) is 3.76. The van der Waals surface area contributed by atoms with Crippen LogP contribution in [-0.4, -0.2) is 24.1 Å². The molecule has 2 heterocycles. The number of fused-ring (bicyclic) bond motifs is 1. The van der Waals surface area contributed by atoms with Crippen LogP contribution in [0.4, 0.5) is 0 Å². The van der Waals surface area contributed by atoms with Gasteiger partial charge in [-0.1, -0.05) is 30.3 Å². The predicted molar refractivity (Wildman–Crippen MR) is 113 cm³/mol. The Morgan fingerprint density at radius 2 is 1.82 bits per heavy atom. The van der Waals surface area contributed by atoms with Crippen LogP contribution in [0.15, 0.2) is 64.8 Å². The van der Waals surface area contributed by atoms with Crippen LogP contribution >= 0.6 is 11.3 Å². The number of nitrogens with zero attached hydrogens (tertiary/aromatic N) is 1. The van der Waals surface area contributed by atoms with Crippen molar-refractivity contribution >= 4 is 21.6 Å². The first-order chi connectivity index (χ1) is 13.6. The lowest BCUT2D eigenvalue weighted by Gasteiger charge is -2.13. The number of ether oxygens (including phenoxy) is 1. The smallest absolute Gasteiger partial charge is 0.260 e. The molecular formula is C22H22N3O2S+. The van der Waals surface area contributed by atoms with Gasteiger partial charge in [0.25, 0.3) is 5.56 Å². The summed E-state index contributed by atoms with van der Waals surface area (Å²) in [6, 6.07) is 18.0. The molecule has 5 nitrogen and oxygen atoms in total. The molecule has 6 heteroatoms. The summed E-state index contributed by atoms with van der Waals surface area (Å²) in [6.07, 6.45) is 0. The maximum absolute atomic E-state index is 12.8. The lowest BCUT2D eigenvalue weighted by atomic mass is 10.1. The molecule has 0 aliphatic carbocycles. The van der Waals surface area contributed by atoms with E-state index in [4.69, 9.17) is 9.72 Å². The average Bonchev–Trinajstić information content (AvgIpc) is 3.14. The van der Waals surface area contributed by atoms with Gasteiger partial charge in [-0.25, -0.2) is 4.98 Å². The van der Waals surface area contributed by atoms with E-state index in [1.54, 1.807) is 7.11 Å². The van der Waals surface area contributed by atoms with Crippen molar-refractivity contribution in [2.24, 2.45) is 0 Å². The molecule has 28 heavy (non-hydrogen) atoms. The molecule has 2 aromatic carbocycles. The maximum atomic E-state index is 12.8. The third kappa shape index (κ3) is 3.83. The second kappa shape index (κ2) is 7.96. The number of thiophene rings is 1. The van der Waals surface area contributed by atoms with Crippen molar-refractivity contribution in [3.8, 4) is 16.9 Å². The molecule has 0 amide bonds. The zero-order chi connectivity index (χ0) is 19.5. The lowest BCUT2D eigenvalue weighted by Crippen LogP contribution is -3.06. The largest absolute Gasteiger partial charge is 0.497 e. The number of quaternary nitrogens is 1. The van der Waals surface area contributed by atoms with Gasteiger partial charge in [0.05, 0.1) is 19.5 Å². The highest BCUT2D eigenvalue weighted by Gasteiger charge is 2.15. The highest BCUT2D eigenvalue weighted by atomic mass is 32.1. The minimum atomic E-state index is -0.0719. The minimum absolute atomic E-state index is 0.0719. The Kier molecular flexibility index (Phi) is 5.23. The van der Waals surface area contributed by atoms with Crippen LogP contribution in [0, 0.1) is 0 Å². The van der Waals surface area contributed by atoms with Crippen LogP contribution in [0.1, 0.15) is 11.4 Å². The monoisotopic (exact) mass is 392 g/mol. The molecule has 4 rings (SSSR count). The Morgan fingerprint density at radius 1 is 1.07 bits per heavy atom. The van der Waals surface area contributed by atoms with Gasteiger partial charge in [-0.2, -0.15) is 0 Å². The van der Waals surface area contributed by atoms with Crippen molar-refractivity contribution in [3.63, 3.8) is 0 Å². The summed E-state index contributed by atoms with van der Waals surface area (Å²) < 4.78 is 5.20. The van der Waals surface area contributed by atoms with Crippen molar-refractivity contribution in [1.82, 2.24) is 9.97 Å². The molecule has 0 aliphatic heterocycles. The number of hydrogen-bond donors (Lipinski definition) is 2. The van der Waals surface area contributed by atoms with Gasteiger partial charge in [-0.05, 0) is 29.8 Å². The SMILES string of the molecule is COc1ccc(C[NH+](C)Cc2nc3scc(-c4ccccc4)c3c(=O)[nH]2)cc1. The lowest BCUT2D eigenvalue weighted by molar-refractivity contribution is -0.908. The van der Waals surface area contributed by atoms with Gasteiger partial charge in [0.1, 0.15) is 23.7 Å². The molecule has 0 fully saturated rings. The van der Waals surface area contributed by atoms with Gasteiger partial charge < -0.3 is 14.6 Å². The van der Waals surface area contributed by atoms with E-state index in [1.807, 2.05) is 47.8 Å². The predicted octanol–water partition coefficient (Wildman–Crippen LogP) is 2.88. The molecule has 0 aliphatic rings. The Balaban J connectivity index is 1.55. The van der Waals surface area contributed by atoms with Crippen molar-refractivity contribution in [2.75, 3.05) is 14.2 Å². The van der Waals surface area contributed by atoms with Crippen molar-refractivity contribution in [1.29, 1.82) is 0 Å². The highest BCUT2D eigenvalue weighted by molar-refractivity contribution is 7.17. The average molecular weight is 393 g/mol. The number of aromatic nitrogens is 2. The quantitative estimate of drug-likeness (QED) is 0.530. The molecule has 0 bridgehead atoms. The standard InChI is InChI=1S/C22H21N3O2S/c1-25(12-15-8-10-17(27-2)11-9-15)13-19-23-21(26)20-18(14-28-22(20)24-19)16-6-4-3-5-7-16/h3-11,14H,12-13H2,1-2H3,(H,23,24,26)/p+1. The number of hydrogen-bond acceptors (Lipinski definition) is 4. The van der Waals surface area contributed by atoms with Crippen LogP contribution in [0.25, 0.3) is 21.3 Å². The Bertz CT molecular complexity index is 1130. The summed E-state index contributed by atoms with van der Waals surface area (Å²) in [5.41, 5.74) is 3.12. The molecule has 2 N–H and O–H groups in total. The highest BCUT2D eigenvalue weighted by Crippen LogP contribution is 2.30. The Hall–Kier alpha value is -2.96. The zero-order valence-electron chi connectivity index (χ0n) is 15.9. The summed E-state index contributed by atoms with van der Waals surface area (Å²) >= 11 is 1.52. The van der Waals surface area contributed by atoms with Gasteiger partial charge in [0, 0.05) is 16.5 Å². The second-order valence-electron chi connectivity index (χ2n) is 6.87. The van der Waals surface area contributed by atoms with Crippen LogP contribution < -0.4 is 15.2 Å². The fourth-order valence-electron chi connectivity index (χ4n) is 3.35. The van der Waals surface area contributed by atoms with Gasteiger partial charge in [-0.15, -0.1) is 11.3 Å². The Morgan fingerprint density at radius 3 is 2.54 bits per heavy atom. The van der Waals surface area contributed by atoms with E-state index >= 15 is 0 Å². The fourth-order valence-corrected chi connectivity index (χ4v) is 4.31. The van der Waals surface area contributed by atoms with E-state index in [0.717, 1.165) is 28.3 Å². The van der Waals surface area contributed by atoms with E-state index in [9.17, 15) is 4.79 Å². The molecule has 0 spiro atoms. The van der Waals surface area contributed by atoms with Crippen LogP contribution in [0.2, 0.25) is 0 Å². The third-order valence-electron chi connectivity index (χ3n) is 4.71. The van der Waals surface area contributed by atoms with Crippen LogP contribution in [0.5, 0.6) is 5.75 Å². The summed E-state index contributed by atoms with van der Waals surface area (Å²) in [4.78, 5) is 22.5. The van der Waals surface area contributed by atoms with Crippen LogP contribution in [-0.2, 0) is 13.1 Å². The molecular weight excluding hydrogens is 370 g/mol. The molecule has 0 radical (unpaired) electrons. The van der Waals surface area contributed by atoms with E-state index < -0.39 is 0 Å². The summed E-state index contributed by atoms with van der Waals surface area (Å²) in [6.45, 7) is 1.49. The number of benzene rings is 2. The molecule has 2 aromatic heterocycles. The van der Waals surface area contributed by atoms with Crippen molar-refractivity contribution in [3.05, 3.63) is 81.7 Å². The molecule has 0 saturated carbocycles. The number of nitrogens with one attached hydrogen (secondary N) is 2. The van der Waals surface area contributed by atoms with E-state index in [1.165, 1.54) is 21.8 Å². The number of methoxy groups -OCH3 is 1. The minimum Gasteiger partial charge on any atom is -0.497 e. The number of aromatic amines is 1. The van der Waals surface area contributed by atoms with Crippen molar-refractivity contribution in [2.45, 2.75) is 13.1 Å². The second-order valence-corrected chi connectivity index (χ2v) is 7.73. The van der Waals surface area contributed by atoms with Gasteiger partial charge in [0.15, 0.2) is 5.82 Å². The van der Waals surface area contributed by atoms with E-state index in [2.05, 4.69) is 24.2 Å². The molecule has 142 valence electrons. The van der Waals surface area contributed by atoms with Gasteiger partial charge in [0.2, 0.25) is 0 Å². The normalized spacial score (nSPS) is 12.2. The zero-order valence-corrected chi connectivity index (χ0v) is 16.7. The maximum Gasteiger partial charge on any atom is 0.260 e. The fraction of sp³-hybridized carbons (Fsp3) is 0.182. The van der Waals surface area contributed by atoms with Gasteiger partial charge in [-0.3, -0.25) is 4.79 Å². The number of rotatable bonds is 6. The van der Waals surface area contributed by atoms with E-state index in [0.29, 0.717) is 17.8 Å². The first-order valence-corrected chi connectivity index (χ1v) is 10.0. The molecule has 1 atom stereocenters. The third-order valence-corrected chi connectivity index (χ3v) is 5.58. The summed E-state index contributed by atoms with van der Waals surface area (Å²) in [5, 5.41) is 2.69. The first kappa shape index (κ1) is 18.4. The molecule has 0 saturated heterocycles. The molecule has 4 aromatic rings. The topological polar surface area (TPSA) is 59.4 Å². The number of H-pyrrole nitrogens is 1. The van der Waals surface area contributed by atoms with Crippen molar-refractivity contribution < 1.29 is 9.64 Å². The Labute approximate surface area is 167 Å². The van der Waals surface area contributed by atoms with E-state index in [-0.39, 0.29) is 5.56 Å². The molecule has 1 unspecified atom stereocenters. The summed E-state index contributed by atoms with van der Waals surface area (Å²) in [5.74, 6) is 1.56.